The van der Waals surface area contributed by atoms with Crippen LogP contribution in [0.25, 0.3) is 0 Å². The van der Waals surface area contributed by atoms with Gasteiger partial charge in [-0.15, -0.1) is 23.5 Å². The minimum Gasteiger partial charge on any atom is -0.356 e. The summed E-state index contributed by atoms with van der Waals surface area (Å²) in [5.74, 6) is 2.05. The van der Waals surface area contributed by atoms with E-state index in [1.54, 1.807) is 20.8 Å². The fraction of sp³-hybridized carbons (Fsp3) is 0.625. The second-order valence-electron chi connectivity index (χ2n) is 9.13. The minimum atomic E-state index is -3.34. The van der Waals surface area contributed by atoms with E-state index in [4.69, 9.17) is 0 Å². The van der Waals surface area contributed by atoms with Crippen LogP contribution < -0.4 is 10.0 Å². The van der Waals surface area contributed by atoms with E-state index in [1.807, 2.05) is 30.4 Å². The maximum Gasteiger partial charge on any atom is 0.223 e. The van der Waals surface area contributed by atoms with Crippen molar-refractivity contribution in [2.24, 2.45) is 5.92 Å². The minimum absolute atomic E-state index is 0.0103. The first-order valence-electron chi connectivity index (χ1n) is 11.4. The number of carbonyl (C=O) groups is 1. The molecule has 5 nitrogen and oxygen atoms in total. The van der Waals surface area contributed by atoms with Crippen LogP contribution in [0, 0.1) is 5.92 Å². The molecule has 1 fully saturated rings. The van der Waals surface area contributed by atoms with E-state index in [2.05, 4.69) is 46.5 Å². The summed E-state index contributed by atoms with van der Waals surface area (Å²) in [6.07, 6.45) is 8.04. The van der Waals surface area contributed by atoms with E-state index >= 15 is 0 Å². The van der Waals surface area contributed by atoms with Crippen LogP contribution in [0.3, 0.4) is 0 Å². The number of amides is 1. The molecule has 2 rings (SSSR count). The van der Waals surface area contributed by atoms with Gasteiger partial charge < -0.3 is 5.32 Å². The molecule has 32 heavy (non-hydrogen) atoms. The Bertz CT molecular complexity index is 855. The Morgan fingerprint density at radius 2 is 1.78 bits per heavy atom. The zero-order chi connectivity index (χ0) is 23.6. The summed E-state index contributed by atoms with van der Waals surface area (Å²) in [5.41, 5.74) is 0. The number of sulfonamides is 1. The van der Waals surface area contributed by atoms with Crippen molar-refractivity contribution in [3.05, 3.63) is 36.4 Å². The summed E-state index contributed by atoms with van der Waals surface area (Å²) in [4.78, 5) is 15.0. The number of hydrogen-bond acceptors (Lipinski definition) is 5. The van der Waals surface area contributed by atoms with E-state index in [0.717, 1.165) is 30.8 Å². The van der Waals surface area contributed by atoms with Gasteiger partial charge in [0.05, 0.1) is 4.75 Å². The third-order valence-electron chi connectivity index (χ3n) is 5.50. The molecule has 1 aliphatic rings. The Balaban J connectivity index is 1.64. The highest BCUT2D eigenvalue weighted by atomic mass is 32.2. The van der Waals surface area contributed by atoms with Crippen molar-refractivity contribution in [2.45, 2.75) is 80.4 Å². The standard InChI is InChI=1S/C24H38N2O3S3/c1-5-6-16-30-21-9-7-10-22(18-21)31-17-8-15-25-23(27)19-11-13-20(14-12-19)26-32(28,29)24(2,3)4/h5-7,9-10,18-20,26H,8,11-17H2,1-4H3,(H,25,27)/b6-5+. The fourth-order valence-electron chi connectivity index (χ4n) is 3.38. The Morgan fingerprint density at radius 1 is 1.12 bits per heavy atom. The number of carbonyl (C=O) groups excluding carboxylic acids is 1. The molecule has 0 unspecified atom stereocenters. The van der Waals surface area contributed by atoms with Crippen molar-refractivity contribution in [2.75, 3.05) is 18.1 Å². The van der Waals surface area contributed by atoms with Crippen molar-refractivity contribution >= 4 is 39.5 Å². The highest BCUT2D eigenvalue weighted by Gasteiger charge is 2.33. The molecule has 0 heterocycles. The van der Waals surface area contributed by atoms with Gasteiger partial charge in [-0.2, -0.15) is 0 Å². The van der Waals surface area contributed by atoms with Gasteiger partial charge >= 0.3 is 0 Å². The Labute approximate surface area is 203 Å². The SMILES string of the molecule is C/C=C/CSc1cccc(SCCCNC(=O)C2CCC(NS(=O)(=O)C(C)(C)C)CC2)c1. The highest BCUT2D eigenvalue weighted by molar-refractivity contribution is 8.00. The van der Waals surface area contributed by atoms with E-state index in [9.17, 15) is 13.2 Å². The first-order chi connectivity index (χ1) is 15.1. The lowest BCUT2D eigenvalue weighted by Gasteiger charge is -2.30. The van der Waals surface area contributed by atoms with Crippen LogP contribution in [-0.4, -0.2) is 43.2 Å². The number of rotatable bonds is 11. The third-order valence-corrected chi connectivity index (χ3v) is 9.78. The lowest BCUT2D eigenvalue weighted by atomic mass is 9.86. The molecule has 0 aliphatic heterocycles. The topological polar surface area (TPSA) is 75.3 Å². The number of hydrogen-bond donors (Lipinski definition) is 2. The summed E-state index contributed by atoms with van der Waals surface area (Å²) >= 11 is 3.65. The van der Waals surface area contributed by atoms with Crippen LogP contribution >= 0.6 is 23.5 Å². The van der Waals surface area contributed by atoms with Crippen LogP contribution in [0.1, 0.15) is 59.8 Å². The van der Waals surface area contributed by atoms with Crippen LogP contribution in [0.4, 0.5) is 0 Å². The predicted molar refractivity (Wildman–Crippen MR) is 138 cm³/mol. The van der Waals surface area contributed by atoms with Gasteiger partial charge in [0, 0.05) is 34.0 Å². The maximum atomic E-state index is 12.5. The highest BCUT2D eigenvalue weighted by Crippen LogP contribution is 2.27. The molecule has 1 aromatic rings. The molecule has 0 bridgehead atoms. The predicted octanol–water partition coefficient (Wildman–Crippen LogP) is 5.23. The van der Waals surface area contributed by atoms with Crippen LogP contribution in [0.15, 0.2) is 46.2 Å². The van der Waals surface area contributed by atoms with Gasteiger partial charge in [0.2, 0.25) is 15.9 Å². The Hall–Kier alpha value is -0.960. The van der Waals surface area contributed by atoms with E-state index < -0.39 is 14.8 Å². The zero-order valence-corrected chi connectivity index (χ0v) is 22.2. The second kappa shape index (κ2) is 13.1. The number of thioether (sulfide) groups is 2. The van der Waals surface area contributed by atoms with Gasteiger partial charge in [-0.05, 0) is 83.8 Å². The number of nitrogens with one attached hydrogen (secondary N) is 2. The molecule has 0 saturated heterocycles. The van der Waals surface area contributed by atoms with Gasteiger partial charge in [0.15, 0.2) is 0 Å². The molecule has 1 aliphatic carbocycles. The van der Waals surface area contributed by atoms with E-state index in [-0.39, 0.29) is 17.9 Å². The summed E-state index contributed by atoms with van der Waals surface area (Å²) in [7, 11) is -3.34. The van der Waals surface area contributed by atoms with Gasteiger partial charge in [0.25, 0.3) is 0 Å². The van der Waals surface area contributed by atoms with Crippen LogP contribution in [0.5, 0.6) is 0 Å². The van der Waals surface area contributed by atoms with Gasteiger partial charge in [-0.3, -0.25) is 4.79 Å². The molecule has 0 atom stereocenters. The van der Waals surface area contributed by atoms with Crippen molar-refractivity contribution in [3.8, 4) is 0 Å². The molecular weight excluding hydrogens is 460 g/mol. The average molecular weight is 499 g/mol. The van der Waals surface area contributed by atoms with Gasteiger partial charge in [-0.1, -0.05) is 18.2 Å². The molecule has 2 N–H and O–H groups in total. The lowest BCUT2D eigenvalue weighted by molar-refractivity contribution is -0.126. The Kier molecular flexibility index (Phi) is 11.1. The third kappa shape index (κ3) is 9.12. The van der Waals surface area contributed by atoms with E-state index in [1.165, 1.54) is 9.79 Å². The van der Waals surface area contributed by atoms with Crippen molar-refractivity contribution in [3.63, 3.8) is 0 Å². The van der Waals surface area contributed by atoms with Gasteiger partial charge in [0.1, 0.15) is 0 Å². The van der Waals surface area contributed by atoms with Crippen molar-refractivity contribution in [1.82, 2.24) is 10.0 Å². The molecule has 1 aromatic carbocycles. The quantitative estimate of drug-likeness (QED) is 0.248. The monoisotopic (exact) mass is 498 g/mol. The first kappa shape index (κ1) is 27.3. The summed E-state index contributed by atoms with van der Waals surface area (Å²) in [5, 5.41) is 3.07. The van der Waals surface area contributed by atoms with Crippen molar-refractivity contribution < 1.29 is 13.2 Å². The average Bonchev–Trinajstić information content (AvgIpc) is 2.73. The molecular formula is C24H38N2O3S3. The van der Waals surface area contributed by atoms with Gasteiger partial charge in [-0.25, -0.2) is 13.1 Å². The molecule has 8 heteroatoms. The van der Waals surface area contributed by atoms with Crippen LogP contribution in [-0.2, 0) is 14.8 Å². The molecule has 0 radical (unpaired) electrons. The summed E-state index contributed by atoms with van der Waals surface area (Å²) in [6, 6.07) is 8.53. The normalized spacial score (nSPS) is 19.9. The molecule has 1 saturated carbocycles. The molecule has 1 amide bonds. The fourth-order valence-corrected chi connectivity index (χ4v) is 6.26. The maximum absolute atomic E-state index is 12.5. The number of benzene rings is 1. The molecule has 0 spiro atoms. The Morgan fingerprint density at radius 3 is 2.41 bits per heavy atom. The molecule has 180 valence electrons. The molecule has 0 aromatic heterocycles. The smallest absolute Gasteiger partial charge is 0.223 e. The largest absolute Gasteiger partial charge is 0.356 e. The second-order valence-corrected chi connectivity index (χ2v) is 13.9. The lowest BCUT2D eigenvalue weighted by Crippen LogP contribution is -2.46. The first-order valence-corrected chi connectivity index (χ1v) is 14.8. The summed E-state index contributed by atoms with van der Waals surface area (Å²) < 4.78 is 26.7. The summed E-state index contributed by atoms with van der Waals surface area (Å²) in [6.45, 7) is 7.82. The number of allylic oxidation sites excluding steroid dienone is 1. The zero-order valence-electron chi connectivity index (χ0n) is 19.7. The van der Waals surface area contributed by atoms with Crippen molar-refractivity contribution in [1.29, 1.82) is 0 Å². The van der Waals surface area contributed by atoms with Crippen LogP contribution in [0.2, 0.25) is 0 Å². The van der Waals surface area contributed by atoms with E-state index in [0.29, 0.717) is 19.4 Å².